The monoisotopic (exact) mass is 900 g/mol. The van der Waals surface area contributed by atoms with Crippen molar-refractivity contribution in [1.29, 1.82) is 0 Å². The van der Waals surface area contributed by atoms with Crippen LogP contribution in [0, 0.1) is 0 Å². The standard InChI is InChI=1S/C32H19Br.C32H18.CH4/c33-26-19-9-18-25-28(21-10-3-1-4-11-21)31-23-16-7-14-20-15-8-17-24(27(20)23)32(31)29(30(25)26)22-12-5-2-6-13-22;1-2-9-20(10-3-1)28-26-18-8-15-22-21-13-4-5-14-23(21)30(29(22)26)32-25-17-7-12-19-11-6-16-24(27(19)25)31(28)32;/h1-19H;1-18H;1H4. The molecular weight excluding hydrogens is 861 g/mol. The number of fused-ring (bicyclic) bond motifs is 11. The summed E-state index contributed by atoms with van der Waals surface area (Å²) in [4.78, 5) is 0. The van der Waals surface area contributed by atoms with E-state index in [1.807, 2.05) is 0 Å². The number of benzene rings is 12. The Hall–Kier alpha value is -7.84. The van der Waals surface area contributed by atoms with E-state index in [1.165, 1.54) is 142 Å². The van der Waals surface area contributed by atoms with Crippen LogP contribution in [0.15, 0.2) is 229 Å². The van der Waals surface area contributed by atoms with Crippen LogP contribution < -0.4 is 0 Å². The molecule has 0 spiro atoms. The van der Waals surface area contributed by atoms with E-state index in [0.29, 0.717) is 0 Å². The van der Waals surface area contributed by atoms with Crippen molar-refractivity contribution in [3.8, 4) is 55.6 Å². The molecule has 0 unspecified atom stereocenters. The molecule has 15 rings (SSSR count). The van der Waals surface area contributed by atoms with Crippen molar-refractivity contribution in [2.75, 3.05) is 0 Å². The van der Waals surface area contributed by atoms with E-state index >= 15 is 0 Å². The Bertz CT molecular complexity index is 4200. The molecule has 0 nitrogen and oxygen atoms in total. The van der Waals surface area contributed by atoms with Gasteiger partial charge in [0.1, 0.15) is 0 Å². The van der Waals surface area contributed by atoms with E-state index in [2.05, 4.69) is 240 Å². The molecule has 66 heavy (non-hydrogen) atoms. The number of hydrogen-bond acceptors (Lipinski definition) is 0. The van der Waals surface area contributed by atoms with E-state index < -0.39 is 0 Å². The van der Waals surface area contributed by atoms with Crippen molar-refractivity contribution < 1.29 is 0 Å². The Kier molecular flexibility index (Phi) is 8.69. The third-order valence-corrected chi connectivity index (χ3v) is 14.8. The fourth-order valence-corrected chi connectivity index (χ4v) is 12.3. The van der Waals surface area contributed by atoms with E-state index in [-0.39, 0.29) is 7.43 Å². The lowest BCUT2D eigenvalue weighted by Gasteiger charge is -2.21. The molecule has 0 saturated heterocycles. The summed E-state index contributed by atoms with van der Waals surface area (Å²) in [6.07, 6.45) is 0. The van der Waals surface area contributed by atoms with E-state index in [0.717, 1.165) is 4.47 Å². The van der Waals surface area contributed by atoms with Crippen LogP contribution in [0.4, 0.5) is 0 Å². The van der Waals surface area contributed by atoms with Crippen LogP contribution in [0.1, 0.15) is 7.43 Å². The molecule has 0 radical (unpaired) electrons. The van der Waals surface area contributed by atoms with Gasteiger partial charge in [0.2, 0.25) is 0 Å². The number of hydrogen-bond donors (Lipinski definition) is 0. The molecule has 0 atom stereocenters. The molecule has 0 amide bonds. The molecule has 0 fully saturated rings. The second-order valence-electron chi connectivity index (χ2n) is 17.5. The van der Waals surface area contributed by atoms with Gasteiger partial charge in [-0.3, -0.25) is 0 Å². The normalized spacial score (nSPS) is 11.9. The summed E-state index contributed by atoms with van der Waals surface area (Å²) >= 11 is 3.93. The van der Waals surface area contributed by atoms with Gasteiger partial charge in [-0.15, -0.1) is 0 Å². The van der Waals surface area contributed by atoms with Crippen molar-refractivity contribution in [3.63, 3.8) is 0 Å². The quantitative estimate of drug-likeness (QED) is 0.166. The average Bonchev–Trinajstić information content (AvgIpc) is 4.01. The van der Waals surface area contributed by atoms with Crippen molar-refractivity contribution in [3.05, 3.63) is 229 Å². The van der Waals surface area contributed by atoms with Gasteiger partial charge in [-0.25, -0.2) is 0 Å². The molecular formula is C65H41Br. The largest absolute Gasteiger partial charge is 0.0776 e. The second kappa shape index (κ2) is 14.9. The predicted molar refractivity (Wildman–Crippen MR) is 290 cm³/mol. The van der Waals surface area contributed by atoms with Gasteiger partial charge >= 0.3 is 0 Å². The van der Waals surface area contributed by atoms with Gasteiger partial charge in [-0.05, 0) is 142 Å². The molecule has 0 aliphatic heterocycles. The molecule has 0 aromatic heterocycles. The highest BCUT2D eigenvalue weighted by molar-refractivity contribution is 9.10. The Morgan fingerprint density at radius 2 is 0.606 bits per heavy atom. The minimum absolute atomic E-state index is 0. The van der Waals surface area contributed by atoms with Crippen LogP contribution in [0.25, 0.3) is 142 Å². The van der Waals surface area contributed by atoms with Crippen molar-refractivity contribution >= 4 is 102 Å². The summed E-state index contributed by atoms with van der Waals surface area (Å²) in [5.74, 6) is 0. The van der Waals surface area contributed by atoms with Crippen LogP contribution in [-0.2, 0) is 0 Å². The minimum atomic E-state index is 0. The lowest BCUT2D eigenvalue weighted by Crippen LogP contribution is -1.94. The molecule has 0 heterocycles. The summed E-state index contributed by atoms with van der Waals surface area (Å²) in [7, 11) is 0. The zero-order valence-corrected chi connectivity index (χ0v) is 36.8. The van der Waals surface area contributed by atoms with Crippen LogP contribution in [0.2, 0.25) is 0 Å². The Morgan fingerprint density at radius 1 is 0.212 bits per heavy atom. The number of halogens is 1. The SMILES string of the molecule is Brc1cccc2c(-c3ccccc3)c3c(c(-c4ccccc4)c12)-c1cccc2cccc-3c12.C.c1ccc(-c2c3cccc4c5ccccc5c(c34)c3c4cccc5cccc(c23)c54)cc1. The summed E-state index contributed by atoms with van der Waals surface area (Å²) in [6.45, 7) is 0. The maximum atomic E-state index is 3.93. The van der Waals surface area contributed by atoms with E-state index in [4.69, 9.17) is 0 Å². The van der Waals surface area contributed by atoms with E-state index in [9.17, 15) is 0 Å². The fraction of sp³-hybridized carbons (Fsp3) is 0.0154. The molecule has 0 bridgehead atoms. The smallest absolute Gasteiger partial charge is 0.0260 e. The van der Waals surface area contributed by atoms with Crippen molar-refractivity contribution in [2.45, 2.75) is 7.43 Å². The number of rotatable bonds is 3. The first-order valence-electron chi connectivity index (χ1n) is 22.5. The zero-order valence-electron chi connectivity index (χ0n) is 35.2. The highest BCUT2D eigenvalue weighted by Crippen LogP contribution is 2.59. The van der Waals surface area contributed by atoms with Gasteiger partial charge in [0, 0.05) is 9.86 Å². The van der Waals surface area contributed by atoms with Gasteiger partial charge in [0.25, 0.3) is 0 Å². The van der Waals surface area contributed by atoms with Crippen molar-refractivity contribution in [1.82, 2.24) is 0 Å². The molecule has 14 aromatic carbocycles. The Labute approximate surface area is 391 Å². The summed E-state index contributed by atoms with van der Waals surface area (Å²) in [6, 6.07) is 81.9. The summed E-state index contributed by atoms with van der Waals surface area (Å²) in [5.41, 5.74) is 13.1. The molecule has 308 valence electrons. The van der Waals surface area contributed by atoms with Gasteiger partial charge in [0.15, 0.2) is 0 Å². The topological polar surface area (TPSA) is 0 Å². The Balaban J connectivity index is 0.000000130. The molecule has 0 N–H and O–H groups in total. The van der Waals surface area contributed by atoms with Crippen LogP contribution in [-0.4, -0.2) is 0 Å². The maximum absolute atomic E-state index is 3.93. The highest BCUT2D eigenvalue weighted by atomic mass is 79.9. The molecule has 1 heteroatoms. The van der Waals surface area contributed by atoms with Crippen molar-refractivity contribution in [2.24, 2.45) is 0 Å². The lowest BCUT2D eigenvalue weighted by atomic mass is 9.82. The molecule has 0 saturated carbocycles. The summed E-state index contributed by atoms with van der Waals surface area (Å²) in [5, 5.41) is 21.6. The fourth-order valence-electron chi connectivity index (χ4n) is 11.8. The maximum Gasteiger partial charge on any atom is 0.0260 e. The summed E-state index contributed by atoms with van der Waals surface area (Å²) < 4.78 is 1.13. The van der Waals surface area contributed by atoms with Gasteiger partial charge in [-0.1, -0.05) is 242 Å². The first kappa shape index (κ1) is 38.6. The van der Waals surface area contributed by atoms with Crippen LogP contribution in [0.3, 0.4) is 0 Å². The lowest BCUT2D eigenvalue weighted by molar-refractivity contribution is 1.61. The first-order chi connectivity index (χ1) is 32.2. The van der Waals surface area contributed by atoms with Crippen LogP contribution in [0.5, 0.6) is 0 Å². The van der Waals surface area contributed by atoms with Gasteiger partial charge in [0.05, 0.1) is 0 Å². The Morgan fingerprint density at radius 3 is 1.24 bits per heavy atom. The molecule has 1 aliphatic rings. The third-order valence-electron chi connectivity index (χ3n) is 14.2. The van der Waals surface area contributed by atoms with Crippen LogP contribution >= 0.6 is 15.9 Å². The average molecular weight is 902 g/mol. The highest BCUT2D eigenvalue weighted by Gasteiger charge is 2.31. The second-order valence-corrected chi connectivity index (χ2v) is 18.3. The third kappa shape index (κ3) is 5.32. The van der Waals surface area contributed by atoms with E-state index in [1.54, 1.807) is 0 Å². The molecule has 14 aromatic rings. The predicted octanol–water partition coefficient (Wildman–Crippen LogP) is 19.5. The molecule has 1 aliphatic carbocycles. The first-order valence-corrected chi connectivity index (χ1v) is 23.3. The van der Waals surface area contributed by atoms with Gasteiger partial charge in [-0.2, -0.15) is 0 Å². The minimum Gasteiger partial charge on any atom is -0.0776 e. The van der Waals surface area contributed by atoms with Gasteiger partial charge < -0.3 is 0 Å². The zero-order chi connectivity index (χ0) is 42.8.